The van der Waals surface area contributed by atoms with Gasteiger partial charge in [-0.15, -0.1) is 0 Å². The van der Waals surface area contributed by atoms with Crippen LogP contribution in [0.3, 0.4) is 0 Å². The SMILES string of the molecule is Fc1cccc(C2(CNC3CCCOC3)CCCC2)c1. The highest BCUT2D eigenvalue weighted by molar-refractivity contribution is 5.28. The number of hydrogen-bond acceptors (Lipinski definition) is 2. The molecule has 0 amide bonds. The maximum Gasteiger partial charge on any atom is 0.123 e. The molecule has 20 heavy (non-hydrogen) atoms. The molecule has 0 radical (unpaired) electrons. The monoisotopic (exact) mass is 277 g/mol. The summed E-state index contributed by atoms with van der Waals surface area (Å²) in [5, 5.41) is 3.67. The molecule has 3 rings (SSSR count). The Hall–Kier alpha value is -0.930. The third-order valence-corrected chi connectivity index (χ3v) is 4.89. The molecular formula is C17H24FNO. The minimum atomic E-state index is -0.116. The quantitative estimate of drug-likeness (QED) is 0.910. The summed E-state index contributed by atoms with van der Waals surface area (Å²) in [4.78, 5) is 0. The molecule has 0 spiro atoms. The van der Waals surface area contributed by atoms with E-state index in [9.17, 15) is 4.39 Å². The van der Waals surface area contributed by atoms with Crippen molar-refractivity contribution in [1.82, 2.24) is 5.32 Å². The third-order valence-electron chi connectivity index (χ3n) is 4.89. The largest absolute Gasteiger partial charge is 0.380 e. The van der Waals surface area contributed by atoms with E-state index >= 15 is 0 Å². The van der Waals surface area contributed by atoms with Crippen molar-refractivity contribution in [3.63, 3.8) is 0 Å². The van der Waals surface area contributed by atoms with Crippen LogP contribution in [0.25, 0.3) is 0 Å². The fourth-order valence-corrected chi connectivity index (χ4v) is 3.68. The summed E-state index contributed by atoms with van der Waals surface area (Å²) >= 11 is 0. The summed E-state index contributed by atoms with van der Waals surface area (Å²) in [6.07, 6.45) is 7.16. The van der Waals surface area contributed by atoms with Gasteiger partial charge in [0.1, 0.15) is 5.82 Å². The number of nitrogens with one attached hydrogen (secondary N) is 1. The maximum atomic E-state index is 13.5. The van der Waals surface area contributed by atoms with Crippen molar-refractivity contribution in [2.75, 3.05) is 19.8 Å². The Labute approximate surface area is 120 Å². The van der Waals surface area contributed by atoms with E-state index < -0.39 is 0 Å². The van der Waals surface area contributed by atoms with Gasteiger partial charge >= 0.3 is 0 Å². The second-order valence-corrected chi connectivity index (χ2v) is 6.29. The van der Waals surface area contributed by atoms with Crippen LogP contribution in [0, 0.1) is 5.82 Å². The fraction of sp³-hybridized carbons (Fsp3) is 0.647. The second kappa shape index (κ2) is 6.23. The van der Waals surface area contributed by atoms with E-state index in [4.69, 9.17) is 4.74 Å². The van der Waals surface area contributed by atoms with E-state index in [1.165, 1.54) is 30.9 Å². The molecule has 1 aromatic rings. The van der Waals surface area contributed by atoms with Crippen LogP contribution in [0.15, 0.2) is 24.3 Å². The van der Waals surface area contributed by atoms with Crippen molar-refractivity contribution in [3.05, 3.63) is 35.6 Å². The van der Waals surface area contributed by atoms with Gasteiger partial charge in [-0.05, 0) is 43.4 Å². The first kappa shape index (κ1) is 14.0. The highest BCUT2D eigenvalue weighted by Crippen LogP contribution is 2.41. The van der Waals surface area contributed by atoms with E-state index in [1.807, 2.05) is 6.07 Å². The summed E-state index contributed by atoms with van der Waals surface area (Å²) in [7, 11) is 0. The van der Waals surface area contributed by atoms with Crippen LogP contribution in [0.5, 0.6) is 0 Å². The lowest BCUT2D eigenvalue weighted by Gasteiger charge is -2.33. The molecule has 1 heterocycles. The average Bonchev–Trinajstić information content (AvgIpc) is 2.96. The fourth-order valence-electron chi connectivity index (χ4n) is 3.68. The zero-order valence-corrected chi connectivity index (χ0v) is 12.0. The van der Waals surface area contributed by atoms with Crippen molar-refractivity contribution < 1.29 is 9.13 Å². The lowest BCUT2D eigenvalue weighted by molar-refractivity contribution is 0.0682. The molecule has 1 unspecified atom stereocenters. The number of halogens is 1. The zero-order chi connectivity index (χ0) is 13.8. The molecule has 0 bridgehead atoms. The smallest absolute Gasteiger partial charge is 0.123 e. The van der Waals surface area contributed by atoms with Gasteiger partial charge in [-0.2, -0.15) is 0 Å². The predicted molar refractivity (Wildman–Crippen MR) is 78.4 cm³/mol. The van der Waals surface area contributed by atoms with Crippen molar-refractivity contribution in [1.29, 1.82) is 0 Å². The van der Waals surface area contributed by atoms with E-state index in [-0.39, 0.29) is 11.2 Å². The molecule has 1 N–H and O–H groups in total. The predicted octanol–water partition coefficient (Wildman–Crippen LogP) is 3.41. The minimum absolute atomic E-state index is 0.116. The van der Waals surface area contributed by atoms with Crippen molar-refractivity contribution in [3.8, 4) is 0 Å². The second-order valence-electron chi connectivity index (χ2n) is 6.29. The van der Waals surface area contributed by atoms with Crippen molar-refractivity contribution >= 4 is 0 Å². The average molecular weight is 277 g/mol. The van der Waals surface area contributed by atoms with Crippen LogP contribution in [-0.4, -0.2) is 25.8 Å². The molecule has 1 aliphatic carbocycles. The van der Waals surface area contributed by atoms with Gasteiger partial charge in [0.05, 0.1) is 6.61 Å². The Morgan fingerprint density at radius 1 is 1.25 bits per heavy atom. The minimum Gasteiger partial charge on any atom is -0.380 e. The van der Waals surface area contributed by atoms with Crippen LogP contribution in [0.2, 0.25) is 0 Å². The van der Waals surface area contributed by atoms with E-state index in [1.54, 1.807) is 6.07 Å². The van der Waals surface area contributed by atoms with Crippen molar-refractivity contribution in [2.45, 2.75) is 50.0 Å². The van der Waals surface area contributed by atoms with Crippen LogP contribution in [0.4, 0.5) is 4.39 Å². The summed E-state index contributed by atoms with van der Waals surface area (Å²) in [5.41, 5.74) is 1.29. The Morgan fingerprint density at radius 2 is 2.10 bits per heavy atom. The first-order valence-electron chi connectivity index (χ1n) is 7.86. The van der Waals surface area contributed by atoms with Crippen LogP contribution in [0.1, 0.15) is 44.1 Å². The first-order valence-corrected chi connectivity index (χ1v) is 7.86. The van der Waals surface area contributed by atoms with Crippen LogP contribution >= 0.6 is 0 Å². The highest BCUT2D eigenvalue weighted by atomic mass is 19.1. The lowest BCUT2D eigenvalue weighted by Crippen LogP contribution is -2.44. The molecule has 2 aliphatic rings. The Morgan fingerprint density at radius 3 is 2.80 bits per heavy atom. The number of ether oxygens (including phenoxy) is 1. The number of rotatable bonds is 4. The Balaban J connectivity index is 1.71. The van der Waals surface area contributed by atoms with E-state index in [0.29, 0.717) is 6.04 Å². The van der Waals surface area contributed by atoms with Gasteiger partial charge < -0.3 is 10.1 Å². The van der Waals surface area contributed by atoms with Crippen molar-refractivity contribution in [2.24, 2.45) is 0 Å². The number of benzene rings is 1. The molecule has 1 saturated carbocycles. The van der Waals surface area contributed by atoms with Gasteiger partial charge in [0.2, 0.25) is 0 Å². The van der Waals surface area contributed by atoms with Gasteiger partial charge in [-0.1, -0.05) is 25.0 Å². The molecule has 1 saturated heterocycles. The number of hydrogen-bond donors (Lipinski definition) is 1. The Kier molecular flexibility index (Phi) is 4.37. The molecule has 1 aliphatic heterocycles. The van der Waals surface area contributed by atoms with Crippen LogP contribution < -0.4 is 5.32 Å². The molecule has 0 aromatic heterocycles. The van der Waals surface area contributed by atoms with Gasteiger partial charge in [-0.25, -0.2) is 4.39 Å². The highest BCUT2D eigenvalue weighted by Gasteiger charge is 2.36. The molecule has 3 heteroatoms. The molecule has 1 atom stereocenters. The molecular weight excluding hydrogens is 253 g/mol. The molecule has 110 valence electrons. The first-order chi connectivity index (χ1) is 9.78. The maximum absolute atomic E-state index is 13.5. The molecule has 2 nitrogen and oxygen atoms in total. The lowest BCUT2D eigenvalue weighted by atomic mass is 9.78. The van der Waals surface area contributed by atoms with Crippen LogP contribution in [-0.2, 0) is 10.2 Å². The third kappa shape index (κ3) is 3.04. The standard InChI is InChI=1S/C17H24FNO/c18-15-6-3-5-14(11-15)17(8-1-2-9-17)13-19-16-7-4-10-20-12-16/h3,5-6,11,16,19H,1-2,4,7-10,12-13H2. The summed E-state index contributed by atoms with van der Waals surface area (Å²) < 4.78 is 19.1. The van der Waals surface area contributed by atoms with E-state index in [2.05, 4.69) is 11.4 Å². The normalized spacial score (nSPS) is 25.8. The summed E-state index contributed by atoms with van der Waals surface area (Å²) in [6.45, 7) is 2.66. The Bertz CT molecular complexity index is 436. The van der Waals surface area contributed by atoms with Gasteiger partial charge in [0.25, 0.3) is 0 Å². The summed E-state index contributed by atoms with van der Waals surface area (Å²) in [6, 6.07) is 7.66. The summed E-state index contributed by atoms with van der Waals surface area (Å²) in [5.74, 6) is -0.116. The van der Waals surface area contributed by atoms with Gasteiger partial charge in [-0.3, -0.25) is 0 Å². The molecule has 2 fully saturated rings. The topological polar surface area (TPSA) is 21.3 Å². The van der Waals surface area contributed by atoms with E-state index in [0.717, 1.165) is 39.0 Å². The molecule has 1 aromatic carbocycles. The van der Waals surface area contributed by atoms with Gasteiger partial charge in [0, 0.05) is 24.6 Å². The van der Waals surface area contributed by atoms with Gasteiger partial charge in [0.15, 0.2) is 0 Å². The zero-order valence-electron chi connectivity index (χ0n) is 12.0.